The molecule has 0 unspecified atom stereocenters. The minimum absolute atomic E-state index is 0.00245. The first kappa shape index (κ1) is 14.2. The van der Waals surface area contributed by atoms with Crippen LogP contribution in [0.15, 0.2) is 32.6 Å². The molecule has 0 saturated heterocycles. The summed E-state index contributed by atoms with van der Waals surface area (Å²) >= 11 is 0. The van der Waals surface area contributed by atoms with E-state index in [0.717, 1.165) is 0 Å². The van der Waals surface area contributed by atoms with Gasteiger partial charge in [-0.2, -0.15) is 13.2 Å². The predicted molar refractivity (Wildman–Crippen MR) is 65.9 cm³/mol. The van der Waals surface area contributed by atoms with Crippen LogP contribution in [0.2, 0.25) is 0 Å². The van der Waals surface area contributed by atoms with Gasteiger partial charge in [0.1, 0.15) is 5.75 Å². The quantitative estimate of drug-likeness (QED) is 0.631. The molecule has 2 rings (SSSR count). The highest BCUT2D eigenvalue weighted by Crippen LogP contribution is 2.22. The molecule has 2 aromatic carbocycles. The zero-order valence-electron chi connectivity index (χ0n) is 10.1. The van der Waals surface area contributed by atoms with E-state index in [-0.39, 0.29) is 29.5 Å². The van der Waals surface area contributed by atoms with Gasteiger partial charge in [0.2, 0.25) is 10.9 Å². The summed E-state index contributed by atoms with van der Waals surface area (Å²) in [5.74, 6) is 0.154. The summed E-state index contributed by atoms with van der Waals surface area (Å²) in [6.45, 7) is -0.172. The van der Waals surface area contributed by atoms with Gasteiger partial charge in [0.25, 0.3) is 5.43 Å². The van der Waals surface area contributed by atoms with Gasteiger partial charge in [-0.15, -0.1) is 0 Å². The van der Waals surface area contributed by atoms with E-state index in [1.807, 2.05) is 0 Å². The summed E-state index contributed by atoms with van der Waals surface area (Å²) in [6.07, 6.45) is -5.42. The van der Waals surface area contributed by atoms with Crippen LogP contribution in [-0.2, 0) is 0 Å². The summed E-state index contributed by atoms with van der Waals surface area (Å²) in [6, 6.07) is 3.81. The van der Waals surface area contributed by atoms with Crippen molar-refractivity contribution in [3.05, 3.63) is 48.9 Å². The van der Waals surface area contributed by atoms with Crippen molar-refractivity contribution >= 4 is 10.8 Å². The summed E-state index contributed by atoms with van der Waals surface area (Å²) in [4.78, 5) is 34.0. The van der Waals surface area contributed by atoms with Crippen molar-refractivity contribution in [1.29, 1.82) is 0 Å². The highest BCUT2D eigenvalue weighted by molar-refractivity contribution is 5.84. The van der Waals surface area contributed by atoms with E-state index in [0.29, 0.717) is 0 Å². The first-order chi connectivity index (χ1) is 9.29. The smallest absolute Gasteiger partial charge is 0.389 e. The molecule has 0 aliphatic carbocycles. The van der Waals surface area contributed by atoms with Crippen molar-refractivity contribution in [3.8, 4) is 5.75 Å². The molecule has 106 valence electrons. The number of hydrogen-bond donors (Lipinski definition) is 0. The number of rotatable bonds is 4. The Balaban J connectivity index is 2.13. The minimum atomic E-state index is -4.24. The first-order valence-electron chi connectivity index (χ1n) is 5.76. The largest absolute Gasteiger partial charge is 0.494 e. The maximum atomic E-state index is 11.9. The highest BCUT2D eigenvalue weighted by Gasteiger charge is 2.26. The summed E-state index contributed by atoms with van der Waals surface area (Å²) in [7, 11) is 0. The van der Waals surface area contributed by atoms with Gasteiger partial charge in [-0.25, -0.2) is 0 Å². The van der Waals surface area contributed by atoms with Crippen LogP contribution in [0.25, 0.3) is 10.8 Å². The van der Waals surface area contributed by atoms with Crippen molar-refractivity contribution in [1.82, 2.24) is 0 Å². The average molecular weight is 286 g/mol. The third-order valence-electron chi connectivity index (χ3n) is 2.77. The van der Waals surface area contributed by atoms with Gasteiger partial charge in [-0.3, -0.25) is 14.4 Å². The van der Waals surface area contributed by atoms with Crippen molar-refractivity contribution in [2.45, 2.75) is 19.0 Å². The maximum absolute atomic E-state index is 11.9. The van der Waals surface area contributed by atoms with Gasteiger partial charge in [-0.1, -0.05) is 0 Å². The second kappa shape index (κ2) is 5.07. The van der Waals surface area contributed by atoms with E-state index in [4.69, 9.17) is 4.74 Å². The molecule has 0 amide bonds. The topological polar surface area (TPSA) is 60.4 Å². The molecule has 0 aromatic heterocycles. The number of ether oxygens (including phenoxy) is 1. The van der Waals surface area contributed by atoms with Crippen LogP contribution >= 0.6 is 0 Å². The minimum Gasteiger partial charge on any atom is -0.494 e. The fourth-order valence-electron chi connectivity index (χ4n) is 1.81. The molecule has 0 N–H and O–H groups in total. The van der Waals surface area contributed by atoms with Crippen LogP contribution in [-0.4, -0.2) is 12.8 Å². The molecule has 0 heterocycles. The normalized spacial score (nSPS) is 11.9. The Bertz CT molecular complexity index is 770. The Morgan fingerprint density at radius 2 is 1.60 bits per heavy atom. The Hall–Kier alpha value is -2.18. The van der Waals surface area contributed by atoms with Crippen molar-refractivity contribution in [3.63, 3.8) is 0 Å². The molecule has 0 saturated carbocycles. The van der Waals surface area contributed by atoms with Gasteiger partial charge in [0.15, 0.2) is 0 Å². The Labute approximate surface area is 110 Å². The van der Waals surface area contributed by atoms with Gasteiger partial charge < -0.3 is 4.74 Å². The molecule has 0 atom stereocenters. The molecule has 0 aliphatic heterocycles. The third kappa shape index (κ3) is 2.87. The van der Waals surface area contributed by atoms with E-state index >= 15 is 0 Å². The fraction of sp³-hybridized carbons (Fsp3) is 0.308. The Morgan fingerprint density at radius 3 is 2.25 bits per heavy atom. The van der Waals surface area contributed by atoms with E-state index in [1.165, 1.54) is 18.2 Å². The molecule has 0 spiro atoms. The standard InChI is InChI=1S/C13H9F3O4/c14-13(15,16)4-1-5-20-7-2-3-8-9(6-7)11(18)12(19)10(8)17/h2-3,6H,1,4-5H2. The van der Waals surface area contributed by atoms with E-state index in [2.05, 4.69) is 0 Å². The van der Waals surface area contributed by atoms with Crippen LogP contribution in [0.3, 0.4) is 0 Å². The lowest BCUT2D eigenvalue weighted by atomic mass is 10.2. The van der Waals surface area contributed by atoms with Crippen LogP contribution in [0, 0.1) is 0 Å². The van der Waals surface area contributed by atoms with E-state index in [1.54, 1.807) is 0 Å². The van der Waals surface area contributed by atoms with Crippen LogP contribution in [0.4, 0.5) is 13.2 Å². The van der Waals surface area contributed by atoms with Crippen molar-refractivity contribution in [2.75, 3.05) is 6.61 Å². The summed E-state index contributed by atoms with van der Waals surface area (Å²) in [5, 5.41) is -0.0593. The highest BCUT2D eigenvalue weighted by atomic mass is 19.4. The fourth-order valence-corrected chi connectivity index (χ4v) is 1.81. The lowest BCUT2D eigenvalue weighted by molar-refractivity contribution is -0.136. The maximum Gasteiger partial charge on any atom is 0.389 e. The molecule has 7 heteroatoms. The number of halogens is 3. The zero-order valence-corrected chi connectivity index (χ0v) is 10.1. The monoisotopic (exact) mass is 286 g/mol. The Kier molecular flexibility index (Phi) is 3.61. The average Bonchev–Trinajstić information content (AvgIpc) is 2.59. The SMILES string of the molecule is O=c1c(=O)c2ccc(OCCCC(F)(F)F)cc2c1=O. The van der Waals surface area contributed by atoms with Gasteiger partial charge in [0, 0.05) is 17.2 Å². The van der Waals surface area contributed by atoms with E-state index < -0.39 is 28.9 Å². The lowest BCUT2D eigenvalue weighted by Crippen LogP contribution is -2.29. The second-order valence-corrected chi connectivity index (χ2v) is 4.26. The summed E-state index contributed by atoms with van der Waals surface area (Å²) < 4.78 is 40.8. The molecular weight excluding hydrogens is 277 g/mol. The van der Waals surface area contributed by atoms with Crippen LogP contribution in [0.5, 0.6) is 5.75 Å². The number of benzene rings is 1. The number of hydrogen-bond acceptors (Lipinski definition) is 4. The van der Waals surface area contributed by atoms with E-state index in [9.17, 15) is 27.6 Å². The van der Waals surface area contributed by atoms with Crippen LogP contribution in [0.1, 0.15) is 12.8 Å². The molecule has 4 nitrogen and oxygen atoms in total. The Morgan fingerprint density at radius 1 is 0.950 bits per heavy atom. The van der Waals surface area contributed by atoms with Gasteiger partial charge in [0.05, 0.1) is 6.61 Å². The molecule has 0 bridgehead atoms. The van der Waals surface area contributed by atoms with Crippen molar-refractivity contribution < 1.29 is 17.9 Å². The molecule has 20 heavy (non-hydrogen) atoms. The zero-order chi connectivity index (χ0) is 14.9. The molecule has 0 radical (unpaired) electrons. The molecular formula is C13H9F3O4. The number of alkyl halides is 3. The predicted octanol–water partition coefficient (Wildman–Crippen LogP) is 1.52. The molecule has 2 aromatic rings. The first-order valence-corrected chi connectivity index (χ1v) is 5.76. The summed E-state index contributed by atoms with van der Waals surface area (Å²) in [5.41, 5.74) is -2.88. The second-order valence-electron chi connectivity index (χ2n) is 4.26. The third-order valence-corrected chi connectivity index (χ3v) is 2.77. The van der Waals surface area contributed by atoms with Gasteiger partial charge >= 0.3 is 6.18 Å². The van der Waals surface area contributed by atoms with Gasteiger partial charge in [-0.05, 0) is 24.6 Å². The molecule has 0 fully saturated rings. The van der Waals surface area contributed by atoms with Crippen LogP contribution < -0.4 is 21.0 Å². The lowest BCUT2D eigenvalue weighted by Gasteiger charge is -2.08. The van der Waals surface area contributed by atoms with Crippen molar-refractivity contribution in [2.24, 2.45) is 0 Å². The molecule has 0 aliphatic rings. The number of fused-ring (bicyclic) bond motifs is 1.